The molecule has 45 heavy (non-hydrogen) atoms. The zero-order valence-corrected chi connectivity index (χ0v) is 28.7. The Hall–Kier alpha value is -2.82. The number of hydrogen-bond donors (Lipinski definition) is 2. The second kappa shape index (κ2) is 26.4. The molecule has 0 aliphatic rings. The van der Waals surface area contributed by atoms with Crippen LogP contribution in [-0.2, 0) is 16.0 Å². The fourth-order valence-electron chi connectivity index (χ4n) is 4.99. The number of nitrogens with one attached hydrogen (secondary N) is 2. The molecular formula is C34H59N4O6S+. The predicted molar refractivity (Wildman–Crippen MR) is 178 cm³/mol. The summed E-state index contributed by atoms with van der Waals surface area (Å²) < 4.78 is 23.6. The standard InChI is InChI=1S/C34H58N4O6S/c1-3-4-5-6-7-8-9-10-11-12-13-14-15-16-18-21-35-33(39)41-27-31(43-32-26-30(2)44-37-32)28-42-34(40)36-22-19-17-20-23-38-24-25-45-29-38/h24-26,29,31H,3-23,27-28H2,1-2H3,(H-,35,36,39,40)/p+1. The average Bonchev–Trinajstić information content (AvgIpc) is 3.71. The van der Waals surface area contributed by atoms with E-state index in [1.165, 1.54) is 83.5 Å². The summed E-state index contributed by atoms with van der Waals surface area (Å²) in [5.74, 6) is 0.828. The molecule has 0 saturated heterocycles. The molecule has 11 heteroatoms. The van der Waals surface area contributed by atoms with Crippen molar-refractivity contribution in [3.63, 3.8) is 0 Å². The highest BCUT2D eigenvalue weighted by atomic mass is 32.1. The molecule has 0 saturated carbocycles. The Bertz CT molecular complexity index is 987. The Balaban J connectivity index is 1.48. The maximum atomic E-state index is 12.2. The zero-order valence-electron chi connectivity index (χ0n) is 27.9. The van der Waals surface area contributed by atoms with Crippen LogP contribution in [0.3, 0.4) is 0 Å². The largest absolute Gasteiger partial charge is 0.465 e. The first-order valence-electron chi connectivity index (χ1n) is 17.4. The van der Waals surface area contributed by atoms with Gasteiger partial charge >= 0.3 is 12.2 Å². The van der Waals surface area contributed by atoms with Crippen LogP contribution < -0.4 is 19.9 Å². The Morgan fingerprint density at radius 1 is 0.800 bits per heavy atom. The fraction of sp³-hybridized carbons (Fsp3) is 0.765. The molecule has 2 aromatic rings. The maximum Gasteiger partial charge on any atom is 0.407 e. The van der Waals surface area contributed by atoms with Gasteiger partial charge in [0.15, 0.2) is 12.3 Å². The molecule has 1 atom stereocenters. The molecule has 2 rings (SSSR count). The first kappa shape index (κ1) is 38.4. The van der Waals surface area contributed by atoms with E-state index < -0.39 is 18.3 Å². The SMILES string of the molecule is CCCCCCCCCCCCCCCCCNC(=O)OCC(COC(=O)NCCCCC[n+]1ccsc1)Oc1cc(C)on1. The Kier molecular flexibility index (Phi) is 22.5. The number of rotatable bonds is 28. The van der Waals surface area contributed by atoms with Gasteiger partial charge in [-0.3, -0.25) is 0 Å². The summed E-state index contributed by atoms with van der Waals surface area (Å²) in [6.07, 6.45) is 22.7. The van der Waals surface area contributed by atoms with Gasteiger partial charge < -0.3 is 29.4 Å². The van der Waals surface area contributed by atoms with E-state index in [0.717, 1.165) is 38.6 Å². The van der Waals surface area contributed by atoms with E-state index in [4.69, 9.17) is 18.7 Å². The maximum absolute atomic E-state index is 12.2. The van der Waals surface area contributed by atoms with Gasteiger partial charge in [0.25, 0.3) is 5.88 Å². The molecule has 2 amide bonds. The molecule has 0 aromatic carbocycles. The van der Waals surface area contributed by atoms with E-state index in [9.17, 15) is 9.59 Å². The van der Waals surface area contributed by atoms with Gasteiger partial charge in [-0.25, -0.2) is 9.59 Å². The van der Waals surface area contributed by atoms with E-state index in [0.29, 0.717) is 18.8 Å². The molecule has 2 aromatic heterocycles. The van der Waals surface area contributed by atoms with Crippen LogP contribution in [0.4, 0.5) is 9.59 Å². The first-order chi connectivity index (χ1) is 22.1. The van der Waals surface area contributed by atoms with Crippen molar-refractivity contribution in [2.24, 2.45) is 0 Å². The minimum atomic E-state index is -0.723. The van der Waals surface area contributed by atoms with Crippen LogP contribution in [0.5, 0.6) is 5.88 Å². The topological polar surface area (TPSA) is 116 Å². The molecule has 2 N–H and O–H groups in total. The first-order valence-corrected chi connectivity index (χ1v) is 18.3. The van der Waals surface area contributed by atoms with E-state index in [2.05, 4.69) is 44.4 Å². The highest BCUT2D eigenvalue weighted by Crippen LogP contribution is 2.14. The number of alkyl carbamates (subject to hydrolysis) is 2. The molecule has 0 radical (unpaired) electrons. The smallest absolute Gasteiger partial charge is 0.407 e. The van der Waals surface area contributed by atoms with Crippen molar-refractivity contribution in [3.05, 3.63) is 28.9 Å². The molecule has 0 aliphatic carbocycles. The normalized spacial score (nSPS) is 11.7. The number of ether oxygens (including phenoxy) is 3. The van der Waals surface area contributed by atoms with Crippen LogP contribution >= 0.6 is 11.3 Å². The number of thiazole rings is 1. The second-order valence-electron chi connectivity index (χ2n) is 11.8. The third-order valence-corrected chi connectivity index (χ3v) is 8.31. The van der Waals surface area contributed by atoms with Gasteiger partial charge in [0.2, 0.25) is 5.51 Å². The Labute approximate surface area is 275 Å². The number of amides is 2. The molecule has 2 heterocycles. The number of aromatic nitrogens is 2. The number of hydrogen-bond acceptors (Lipinski definition) is 8. The summed E-state index contributed by atoms with van der Waals surface area (Å²) in [4.78, 5) is 24.4. The van der Waals surface area contributed by atoms with E-state index in [1.54, 1.807) is 24.3 Å². The third kappa shape index (κ3) is 21.5. The summed E-state index contributed by atoms with van der Waals surface area (Å²) in [5, 5.41) is 11.4. The van der Waals surface area contributed by atoms with Crippen LogP contribution in [0, 0.1) is 6.92 Å². The number of nitrogens with zero attached hydrogens (tertiary/aromatic N) is 2. The van der Waals surface area contributed by atoms with Crippen LogP contribution in [0.1, 0.15) is 128 Å². The van der Waals surface area contributed by atoms with Crippen LogP contribution in [0.2, 0.25) is 0 Å². The van der Waals surface area contributed by atoms with Gasteiger partial charge in [-0.15, -0.1) is 0 Å². The molecule has 10 nitrogen and oxygen atoms in total. The van der Waals surface area contributed by atoms with Gasteiger partial charge in [-0.2, -0.15) is 4.57 Å². The fourth-order valence-corrected chi connectivity index (χ4v) is 5.62. The molecule has 256 valence electrons. The van der Waals surface area contributed by atoms with Gasteiger partial charge in [0.05, 0.1) is 5.38 Å². The lowest BCUT2D eigenvalue weighted by Gasteiger charge is -2.18. The monoisotopic (exact) mass is 651 g/mol. The molecule has 0 bridgehead atoms. The van der Waals surface area contributed by atoms with Crippen molar-refractivity contribution in [1.82, 2.24) is 15.8 Å². The van der Waals surface area contributed by atoms with Gasteiger partial charge in [0, 0.05) is 25.6 Å². The minimum absolute atomic E-state index is 0.0931. The lowest BCUT2D eigenvalue weighted by Crippen LogP contribution is -2.36. The van der Waals surface area contributed by atoms with Crippen LogP contribution in [0.25, 0.3) is 0 Å². The van der Waals surface area contributed by atoms with Crippen molar-refractivity contribution in [2.45, 2.75) is 142 Å². The van der Waals surface area contributed by atoms with E-state index >= 15 is 0 Å². The van der Waals surface area contributed by atoms with Gasteiger partial charge in [-0.05, 0) is 31.3 Å². The van der Waals surface area contributed by atoms with Gasteiger partial charge in [0.1, 0.15) is 25.5 Å². The molecular weight excluding hydrogens is 592 g/mol. The van der Waals surface area contributed by atoms with Crippen molar-refractivity contribution >= 4 is 23.5 Å². The second-order valence-corrected chi connectivity index (χ2v) is 12.6. The minimum Gasteiger partial charge on any atom is -0.465 e. The lowest BCUT2D eigenvalue weighted by molar-refractivity contribution is -0.692. The molecule has 0 aliphatic heterocycles. The van der Waals surface area contributed by atoms with Gasteiger partial charge in [-0.1, -0.05) is 108 Å². The quantitative estimate of drug-likeness (QED) is 0.0703. The summed E-state index contributed by atoms with van der Waals surface area (Å²) in [6, 6.07) is 1.62. The number of carbonyl (C=O) groups excluding carboxylic acids is 2. The van der Waals surface area contributed by atoms with Crippen molar-refractivity contribution in [3.8, 4) is 5.88 Å². The summed E-state index contributed by atoms with van der Waals surface area (Å²) in [6.45, 7) is 5.89. The summed E-state index contributed by atoms with van der Waals surface area (Å²) in [7, 11) is 0. The molecule has 0 fully saturated rings. The van der Waals surface area contributed by atoms with E-state index in [1.807, 2.05) is 0 Å². The predicted octanol–water partition coefficient (Wildman–Crippen LogP) is 8.27. The van der Waals surface area contributed by atoms with Crippen LogP contribution in [-0.4, -0.2) is 49.8 Å². The van der Waals surface area contributed by atoms with E-state index in [-0.39, 0.29) is 19.1 Å². The highest BCUT2D eigenvalue weighted by molar-refractivity contribution is 7.07. The van der Waals surface area contributed by atoms with Crippen molar-refractivity contribution in [1.29, 1.82) is 0 Å². The Morgan fingerprint density at radius 3 is 1.78 bits per heavy atom. The highest BCUT2D eigenvalue weighted by Gasteiger charge is 2.18. The lowest BCUT2D eigenvalue weighted by atomic mass is 10.0. The summed E-state index contributed by atoms with van der Waals surface area (Å²) in [5.41, 5.74) is 2.09. The third-order valence-electron chi connectivity index (χ3n) is 7.63. The average molecular weight is 652 g/mol. The zero-order chi connectivity index (χ0) is 32.2. The molecule has 1 unspecified atom stereocenters. The van der Waals surface area contributed by atoms with Crippen LogP contribution in [0.15, 0.2) is 27.7 Å². The number of carbonyl (C=O) groups is 2. The number of aryl methyl sites for hydroxylation is 2. The molecule has 0 spiro atoms. The van der Waals surface area contributed by atoms with Crippen molar-refractivity contribution < 1.29 is 32.9 Å². The summed E-state index contributed by atoms with van der Waals surface area (Å²) >= 11 is 1.68. The van der Waals surface area contributed by atoms with Crippen molar-refractivity contribution in [2.75, 3.05) is 26.3 Å². The Morgan fingerprint density at radius 2 is 1.31 bits per heavy atom. The number of unbranched alkanes of at least 4 members (excludes halogenated alkanes) is 16.